The van der Waals surface area contributed by atoms with Gasteiger partial charge in [-0.25, -0.2) is 4.39 Å². The lowest BCUT2D eigenvalue weighted by atomic mass is 9.96. The van der Waals surface area contributed by atoms with Crippen LogP contribution in [-0.2, 0) is 11.2 Å². The zero-order chi connectivity index (χ0) is 15.0. The van der Waals surface area contributed by atoms with Crippen LogP contribution >= 0.6 is 27.5 Å². The number of aryl methyl sites for hydroxylation is 1. The number of halogens is 3. The van der Waals surface area contributed by atoms with E-state index in [1.807, 2.05) is 24.3 Å². The zero-order valence-corrected chi connectivity index (χ0v) is 13.3. The van der Waals surface area contributed by atoms with E-state index in [4.69, 9.17) is 11.6 Å². The van der Waals surface area contributed by atoms with Gasteiger partial charge in [0.2, 0.25) is 5.91 Å². The maximum Gasteiger partial charge on any atom is 0.224 e. The average Bonchev–Trinajstić information content (AvgIpc) is 2.46. The fraction of sp³-hybridized carbons (Fsp3) is 0.188. The topological polar surface area (TPSA) is 29.1 Å². The summed E-state index contributed by atoms with van der Waals surface area (Å²) in [6, 6.07) is 10.6. The van der Waals surface area contributed by atoms with Gasteiger partial charge in [-0.2, -0.15) is 0 Å². The van der Waals surface area contributed by atoms with Crippen LogP contribution in [-0.4, -0.2) is 5.91 Å². The Morgan fingerprint density at radius 2 is 1.90 bits per heavy atom. The summed E-state index contributed by atoms with van der Waals surface area (Å²) >= 11 is 9.78. The number of amides is 1. The van der Waals surface area contributed by atoms with Crippen LogP contribution in [0.3, 0.4) is 0 Å². The number of anilines is 1. The Morgan fingerprint density at radius 1 is 1.19 bits per heavy atom. The second-order valence-corrected chi connectivity index (χ2v) is 6.35. The smallest absolute Gasteiger partial charge is 0.224 e. The molecule has 0 aromatic heterocycles. The van der Waals surface area contributed by atoms with Crippen molar-refractivity contribution in [3.05, 3.63) is 63.4 Å². The monoisotopic (exact) mass is 367 g/mol. The van der Waals surface area contributed by atoms with Gasteiger partial charge >= 0.3 is 0 Å². The van der Waals surface area contributed by atoms with Gasteiger partial charge < -0.3 is 5.32 Å². The molecule has 0 bridgehead atoms. The molecule has 0 radical (unpaired) electrons. The number of nitrogens with one attached hydrogen (secondary N) is 1. The van der Waals surface area contributed by atoms with Gasteiger partial charge in [-0.1, -0.05) is 28.1 Å². The molecule has 1 N–H and O–H groups in total. The van der Waals surface area contributed by atoms with Crippen molar-refractivity contribution >= 4 is 39.1 Å². The van der Waals surface area contributed by atoms with E-state index >= 15 is 0 Å². The second-order valence-electron chi connectivity index (χ2n) is 4.99. The summed E-state index contributed by atoms with van der Waals surface area (Å²) in [4.78, 5) is 11.3. The van der Waals surface area contributed by atoms with Crippen molar-refractivity contribution in [3.63, 3.8) is 0 Å². The van der Waals surface area contributed by atoms with Crippen molar-refractivity contribution in [2.75, 3.05) is 5.32 Å². The molecular weight excluding hydrogens is 357 g/mol. The van der Waals surface area contributed by atoms with Gasteiger partial charge in [0.25, 0.3) is 0 Å². The minimum atomic E-state index is -0.555. The van der Waals surface area contributed by atoms with Crippen molar-refractivity contribution in [1.82, 2.24) is 0 Å². The summed E-state index contributed by atoms with van der Waals surface area (Å²) in [6.45, 7) is 0. The number of alkyl halides is 1. The van der Waals surface area contributed by atoms with Crippen LogP contribution in [0.2, 0.25) is 0 Å². The fourth-order valence-electron chi connectivity index (χ4n) is 2.43. The molecular formula is C16H12BrClFNO. The lowest BCUT2D eigenvalue weighted by Gasteiger charge is -2.20. The van der Waals surface area contributed by atoms with E-state index in [9.17, 15) is 9.18 Å². The Kier molecular flexibility index (Phi) is 4.00. The molecule has 1 unspecified atom stereocenters. The van der Waals surface area contributed by atoms with E-state index in [0.717, 1.165) is 15.6 Å². The summed E-state index contributed by atoms with van der Waals surface area (Å²) in [5, 5.41) is 2.13. The number of carbonyl (C=O) groups is 1. The largest absolute Gasteiger partial charge is 0.326 e. The van der Waals surface area contributed by atoms with Gasteiger partial charge in [-0.3, -0.25) is 4.79 Å². The molecule has 2 nitrogen and oxygen atoms in total. The van der Waals surface area contributed by atoms with Gasteiger partial charge in [0.1, 0.15) is 5.82 Å². The Bertz CT molecular complexity index is 702. The van der Waals surface area contributed by atoms with E-state index in [1.165, 1.54) is 6.07 Å². The first-order valence-electron chi connectivity index (χ1n) is 6.56. The standard InChI is InChI=1S/C16H12BrClFNO/c17-11-4-1-9(2-5-11)16(18)12-7-10-3-6-15(21)20-14(10)8-13(12)19/h1-2,4-5,7-8,16H,3,6H2,(H,20,21). The maximum atomic E-state index is 14.3. The zero-order valence-electron chi connectivity index (χ0n) is 11.0. The summed E-state index contributed by atoms with van der Waals surface area (Å²) in [6.07, 6.45) is 1.03. The molecule has 2 aromatic carbocycles. The third-order valence-electron chi connectivity index (χ3n) is 3.55. The predicted molar refractivity (Wildman–Crippen MR) is 85.2 cm³/mol. The Labute approximate surface area is 135 Å². The summed E-state index contributed by atoms with van der Waals surface area (Å²) < 4.78 is 15.2. The van der Waals surface area contributed by atoms with Gasteiger partial charge in [-0.05, 0) is 41.8 Å². The fourth-order valence-corrected chi connectivity index (χ4v) is 3.00. The first-order valence-corrected chi connectivity index (χ1v) is 7.79. The molecule has 0 saturated carbocycles. The van der Waals surface area contributed by atoms with E-state index in [0.29, 0.717) is 24.1 Å². The van der Waals surface area contributed by atoms with Crippen LogP contribution < -0.4 is 5.32 Å². The third kappa shape index (κ3) is 2.97. The molecule has 0 aliphatic carbocycles. The lowest BCUT2D eigenvalue weighted by Crippen LogP contribution is -2.19. The van der Waals surface area contributed by atoms with Gasteiger partial charge in [0, 0.05) is 22.1 Å². The minimum absolute atomic E-state index is 0.0787. The number of rotatable bonds is 2. The van der Waals surface area contributed by atoms with E-state index in [2.05, 4.69) is 21.2 Å². The number of hydrogen-bond donors (Lipinski definition) is 1. The third-order valence-corrected chi connectivity index (χ3v) is 4.57. The quantitative estimate of drug-likeness (QED) is 0.758. The molecule has 1 heterocycles. The van der Waals surface area contributed by atoms with Crippen LogP contribution in [0.15, 0.2) is 40.9 Å². The number of benzene rings is 2. The molecule has 1 aliphatic heterocycles. The van der Waals surface area contributed by atoms with Crippen LogP contribution in [0.25, 0.3) is 0 Å². The molecule has 1 aliphatic rings. The van der Waals surface area contributed by atoms with Crippen LogP contribution in [0.5, 0.6) is 0 Å². The van der Waals surface area contributed by atoms with Gasteiger partial charge in [0.15, 0.2) is 0 Å². The first-order chi connectivity index (χ1) is 10.0. The Morgan fingerprint density at radius 3 is 2.62 bits per heavy atom. The normalized spacial score (nSPS) is 15.3. The second kappa shape index (κ2) is 5.78. The van der Waals surface area contributed by atoms with Crippen LogP contribution in [0.4, 0.5) is 10.1 Å². The maximum absolute atomic E-state index is 14.3. The molecule has 3 rings (SSSR count). The minimum Gasteiger partial charge on any atom is -0.326 e. The summed E-state index contributed by atoms with van der Waals surface area (Å²) in [7, 11) is 0. The van der Waals surface area contributed by atoms with Crippen molar-refractivity contribution in [3.8, 4) is 0 Å². The van der Waals surface area contributed by atoms with E-state index < -0.39 is 11.2 Å². The summed E-state index contributed by atoms with van der Waals surface area (Å²) in [5.74, 6) is -0.483. The first kappa shape index (κ1) is 14.5. The highest BCUT2D eigenvalue weighted by Crippen LogP contribution is 2.35. The van der Waals surface area contributed by atoms with Crippen molar-refractivity contribution in [2.24, 2.45) is 0 Å². The number of carbonyl (C=O) groups excluding carboxylic acids is 1. The molecule has 1 atom stereocenters. The molecule has 1 amide bonds. The highest BCUT2D eigenvalue weighted by atomic mass is 79.9. The highest BCUT2D eigenvalue weighted by Gasteiger charge is 2.21. The predicted octanol–water partition coefficient (Wildman–Crippen LogP) is 4.80. The molecule has 21 heavy (non-hydrogen) atoms. The molecule has 0 fully saturated rings. The number of fused-ring (bicyclic) bond motifs is 1. The number of hydrogen-bond acceptors (Lipinski definition) is 1. The van der Waals surface area contributed by atoms with Gasteiger partial charge in [0.05, 0.1) is 5.38 Å². The van der Waals surface area contributed by atoms with Gasteiger partial charge in [-0.15, -0.1) is 11.6 Å². The Balaban J connectivity index is 1.98. The van der Waals surface area contributed by atoms with E-state index in [1.54, 1.807) is 6.07 Å². The van der Waals surface area contributed by atoms with Crippen molar-refractivity contribution < 1.29 is 9.18 Å². The van der Waals surface area contributed by atoms with Crippen molar-refractivity contribution in [1.29, 1.82) is 0 Å². The molecule has 108 valence electrons. The Hall–Kier alpha value is -1.39. The lowest BCUT2D eigenvalue weighted by molar-refractivity contribution is -0.116. The molecule has 0 saturated heterocycles. The summed E-state index contributed by atoms with van der Waals surface area (Å²) in [5.41, 5.74) is 2.74. The van der Waals surface area contributed by atoms with Crippen molar-refractivity contribution in [2.45, 2.75) is 18.2 Å². The van der Waals surface area contributed by atoms with Crippen LogP contribution in [0, 0.1) is 5.82 Å². The molecule has 0 spiro atoms. The highest BCUT2D eigenvalue weighted by molar-refractivity contribution is 9.10. The molecule has 2 aromatic rings. The van der Waals surface area contributed by atoms with E-state index in [-0.39, 0.29) is 5.91 Å². The average molecular weight is 369 g/mol. The molecule has 5 heteroatoms. The SMILES string of the molecule is O=C1CCc2cc(C(Cl)c3ccc(Br)cc3)c(F)cc2N1. The van der Waals surface area contributed by atoms with Crippen LogP contribution in [0.1, 0.15) is 28.5 Å².